The minimum Gasteiger partial charge on any atom is -0.376 e. The molecular formula is C18H19N5OS2. The number of hydrogen-bond donors (Lipinski definition) is 3. The van der Waals surface area contributed by atoms with Crippen LogP contribution in [0.25, 0.3) is 20.7 Å². The first-order valence-corrected chi connectivity index (χ1v) is 9.73. The predicted octanol–water partition coefficient (Wildman–Crippen LogP) is 3.33. The van der Waals surface area contributed by atoms with E-state index in [0.29, 0.717) is 17.5 Å². The van der Waals surface area contributed by atoms with Crippen LogP contribution in [0.15, 0.2) is 42.7 Å². The van der Waals surface area contributed by atoms with Crippen LogP contribution in [0.1, 0.15) is 12.8 Å². The van der Waals surface area contributed by atoms with Crippen LogP contribution in [0.3, 0.4) is 0 Å². The molecule has 6 nitrogen and oxygen atoms in total. The molecule has 26 heavy (non-hydrogen) atoms. The van der Waals surface area contributed by atoms with Gasteiger partial charge in [0.1, 0.15) is 6.33 Å². The van der Waals surface area contributed by atoms with Crippen LogP contribution in [0, 0.1) is 0 Å². The Hall–Kier alpha value is -2.29. The van der Waals surface area contributed by atoms with Gasteiger partial charge in [0.2, 0.25) is 0 Å². The van der Waals surface area contributed by atoms with Crippen LogP contribution in [0.5, 0.6) is 0 Å². The summed E-state index contributed by atoms with van der Waals surface area (Å²) < 4.78 is 6.57. The van der Waals surface area contributed by atoms with Crippen LogP contribution in [-0.2, 0) is 4.74 Å². The second-order valence-electron chi connectivity index (χ2n) is 6.01. The van der Waals surface area contributed by atoms with E-state index < -0.39 is 0 Å². The third kappa shape index (κ3) is 3.92. The minimum absolute atomic E-state index is 0.242. The summed E-state index contributed by atoms with van der Waals surface area (Å²) in [5.74, 6) is 0.712. The van der Waals surface area contributed by atoms with E-state index >= 15 is 0 Å². The van der Waals surface area contributed by atoms with E-state index in [2.05, 4.69) is 44.3 Å². The maximum Gasteiger partial charge on any atom is 0.185 e. The maximum atomic E-state index is 5.58. The van der Waals surface area contributed by atoms with Crippen molar-refractivity contribution in [3.63, 3.8) is 0 Å². The number of nitrogens with one attached hydrogen (secondary N) is 3. The zero-order valence-electron chi connectivity index (χ0n) is 14.1. The molecule has 1 unspecified atom stereocenters. The highest BCUT2D eigenvalue weighted by molar-refractivity contribution is 7.80. The first-order chi connectivity index (χ1) is 12.8. The zero-order chi connectivity index (χ0) is 17.8. The molecule has 0 amide bonds. The molecule has 134 valence electrons. The van der Waals surface area contributed by atoms with Gasteiger partial charge >= 0.3 is 0 Å². The molecule has 3 N–H and O–H groups in total. The lowest BCUT2D eigenvalue weighted by Gasteiger charge is -2.14. The Labute approximate surface area is 161 Å². The Kier molecular flexibility index (Phi) is 5.24. The zero-order valence-corrected chi connectivity index (χ0v) is 15.7. The molecule has 1 aliphatic rings. The number of thiocarbonyl (C=S) groups is 1. The van der Waals surface area contributed by atoms with Gasteiger partial charge in [0.15, 0.2) is 10.9 Å². The minimum atomic E-state index is 0.242. The molecule has 2 aromatic heterocycles. The van der Waals surface area contributed by atoms with Gasteiger partial charge in [0.05, 0.1) is 16.3 Å². The van der Waals surface area contributed by atoms with Crippen LogP contribution < -0.4 is 16.2 Å². The van der Waals surface area contributed by atoms with E-state index in [1.165, 1.54) is 5.56 Å². The molecule has 0 radical (unpaired) electrons. The molecule has 4 rings (SSSR count). The predicted molar refractivity (Wildman–Crippen MR) is 109 cm³/mol. The van der Waals surface area contributed by atoms with Crippen molar-refractivity contribution in [2.45, 2.75) is 18.9 Å². The topological polar surface area (TPSA) is 71.1 Å². The fourth-order valence-electron chi connectivity index (χ4n) is 2.86. The average Bonchev–Trinajstić information content (AvgIpc) is 3.35. The summed E-state index contributed by atoms with van der Waals surface area (Å²) in [5.41, 5.74) is 8.17. The van der Waals surface area contributed by atoms with Crippen molar-refractivity contribution in [3.8, 4) is 10.4 Å². The molecule has 0 spiro atoms. The van der Waals surface area contributed by atoms with Gasteiger partial charge in [0.25, 0.3) is 0 Å². The molecule has 3 aromatic rings. The highest BCUT2D eigenvalue weighted by Gasteiger charge is 2.15. The summed E-state index contributed by atoms with van der Waals surface area (Å²) in [4.78, 5) is 9.86. The molecule has 0 bridgehead atoms. The molecule has 1 saturated heterocycles. The molecule has 3 heterocycles. The van der Waals surface area contributed by atoms with Crippen LogP contribution in [0.4, 0.5) is 5.82 Å². The summed E-state index contributed by atoms with van der Waals surface area (Å²) in [5, 5.41) is 3.69. The normalized spacial score (nSPS) is 16.5. The number of anilines is 1. The van der Waals surface area contributed by atoms with E-state index in [0.717, 1.165) is 34.5 Å². The smallest absolute Gasteiger partial charge is 0.185 e. The molecule has 1 atom stereocenters. The number of hydrogen-bond acceptors (Lipinski definition) is 6. The van der Waals surface area contributed by atoms with E-state index in [1.54, 1.807) is 17.7 Å². The lowest BCUT2D eigenvalue weighted by Crippen LogP contribution is -2.42. The van der Waals surface area contributed by atoms with Crippen molar-refractivity contribution < 1.29 is 4.74 Å². The first kappa shape index (κ1) is 17.1. The van der Waals surface area contributed by atoms with Gasteiger partial charge in [-0.3, -0.25) is 10.9 Å². The Bertz CT molecular complexity index is 893. The number of fused-ring (bicyclic) bond motifs is 1. The first-order valence-electron chi connectivity index (χ1n) is 8.51. The van der Waals surface area contributed by atoms with Crippen molar-refractivity contribution in [2.24, 2.45) is 0 Å². The lowest BCUT2D eigenvalue weighted by molar-refractivity contribution is 0.114. The van der Waals surface area contributed by atoms with Crippen molar-refractivity contribution in [1.29, 1.82) is 0 Å². The SMILES string of the molecule is S=C(NCC1CCCO1)NNc1ncnc2cc(-c3ccccc3)sc12. The Morgan fingerprint density at radius 1 is 1.27 bits per heavy atom. The van der Waals surface area contributed by atoms with Crippen LogP contribution >= 0.6 is 23.6 Å². The highest BCUT2D eigenvalue weighted by Crippen LogP contribution is 2.35. The van der Waals surface area contributed by atoms with Gasteiger partial charge in [-0.15, -0.1) is 11.3 Å². The maximum absolute atomic E-state index is 5.58. The van der Waals surface area contributed by atoms with Gasteiger partial charge in [-0.2, -0.15) is 0 Å². The highest BCUT2D eigenvalue weighted by atomic mass is 32.1. The summed E-state index contributed by atoms with van der Waals surface area (Å²) in [6, 6.07) is 12.3. The fraction of sp³-hybridized carbons (Fsp3) is 0.278. The number of thiophene rings is 1. The number of aromatic nitrogens is 2. The van der Waals surface area contributed by atoms with Crippen molar-refractivity contribution in [3.05, 3.63) is 42.7 Å². The van der Waals surface area contributed by atoms with E-state index in [-0.39, 0.29) is 6.10 Å². The van der Waals surface area contributed by atoms with Gasteiger partial charge in [-0.05, 0) is 36.7 Å². The Morgan fingerprint density at radius 3 is 2.96 bits per heavy atom. The molecule has 1 fully saturated rings. The Balaban J connectivity index is 1.43. The number of rotatable bonds is 5. The van der Waals surface area contributed by atoms with Gasteiger partial charge in [0, 0.05) is 18.0 Å². The van der Waals surface area contributed by atoms with Crippen molar-refractivity contribution in [1.82, 2.24) is 20.7 Å². The number of ether oxygens (including phenoxy) is 1. The van der Waals surface area contributed by atoms with E-state index in [1.807, 2.05) is 18.2 Å². The summed E-state index contributed by atoms with van der Waals surface area (Å²) in [6.45, 7) is 1.55. The summed E-state index contributed by atoms with van der Waals surface area (Å²) >= 11 is 6.96. The lowest BCUT2D eigenvalue weighted by atomic mass is 10.2. The molecule has 1 aromatic carbocycles. The largest absolute Gasteiger partial charge is 0.376 e. The fourth-order valence-corrected chi connectivity index (χ4v) is 4.06. The summed E-state index contributed by atoms with van der Waals surface area (Å²) in [7, 11) is 0. The quantitative estimate of drug-likeness (QED) is 0.460. The van der Waals surface area contributed by atoms with Gasteiger partial charge in [-0.25, -0.2) is 9.97 Å². The average molecular weight is 386 g/mol. The van der Waals surface area contributed by atoms with Crippen molar-refractivity contribution in [2.75, 3.05) is 18.6 Å². The third-order valence-corrected chi connectivity index (χ3v) is 5.60. The molecular weight excluding hydrogens is 366 g/mol. The molecule has 1 aliphatic heterocycles. The molecule has 8 heteroatoms. The van der Waals surface area contributed by atoms with Crippen LogP contribution in [0.2, 0.25) is 0 Å². The number of benzene rings is 1. The van der Waals surface area contributed by atoms with Gasteiger partial charge < -0.3 is 10.1 Å². The van der Waals surface area contributed by atoms with Gasteiger partial charge in [-0.1, -0.05) is 30.3 Å². The van der Waals surface area contributed by atoms with E-state index in [4.69, 9.17) is 17.0 Å². The Morgan fingerprint density at radius 2 is 2.15 bits per heavy atom. The van der Waals surface area contributed by atoms with E-state index in [9.17, 15) is 0 Å². The number of nitrogens with zero attached hydrogens (tertiary/aromatic N) is 2. The third-order valence-electron chi connectivity index (χ3n) is 4.18. The molecule has 0 saturated carbocycles. The second-order valence-corrected chi connectivity index (χ2v) is 7.47. The number of hydrazine groups is 1. The molecule has 0 aliphatic carbocycles. The van der Waals surface area contributed by atoms with Crippen molar-refractivity contribution >= 4 is 44.7 Å². The standard InChI is InChI=1S/C18H19N5OS2/c25-18(19-10-13-7-4-8-24-13)23-22-17-16-14(20-11-21-17)9-15(26-16)12-5-2-1-3-6-12/h1-3,5-6,9,11,13H,4,7-8,10H2,(H2,19,23,25)(H,20,21,22). The summed E-state index contributed by atoms with van der Waals surface area (Å²) in [6.07, 6.45) is 3.99. The monoisotopic (exact) mass is 385 g/mol. The van der Waals surface area contributed by atoms with Crippen LogP contribution in [-0.4, -0.2) is 34.3 Å². The second kappa shape index (κ2) is 7.94.